The molecule has 1 heterocycles. The topological polar surface area (TPSA) is 119 Å². The van der Waals surface area contributed by atoms with E-state index in [4.69, 9.17) is 0 Å². The molecule has 0 bridgehead atoms. The molecule has 0 fully saturated rings. The molecule has 0 aliphatic carbocycles. The number of anilines is 3. The van der Waals surface area contributed by atoms with Crippen LogP contribution in [0.1, 0.15) is 42.2 Å². The van der Waals surface area contributed by atoms with Crippen LogP contribution in [0.5, 0.6) is 5.75 Å². The minimum Gasteiger partial charge on any atom is -0.505 e. The zero-order valence-electron chi connectivity index (χ0n) is 19.2. The number of H-pyrrole nitrogens is 1. The van der Waals surface area contributed by atoms with E-state index in [1.807, 2.05) is 37.3 Å². The highest BCUT2D eigenvalue weighted by molar-refractivity contribution is 5.98. The molecular weight excluding hydrogens is 422 g/mol. The lowest BCUT2D eigenvalue weighted by Gasteiger charge is -2.21. The standard InChI is InChI=1S/C24H29N5O4/c1-5-17(15-11-8-7-9-12-15)25-19-20(24(33)29(6-2)27-22(19)31)26-18-14-10-13-16(21(18)30)23(32)28(3)4/h7-14,17,25-26,30H,5-6H2,1-4H3,(H,27,31)/t17-/m1/s1. The van der Waals surface area contributed by atoms with Crippen LogP contribution in [0.2, 0.25) is 0 Å². The summed E-state index contributed by atoms with van der Waals surface area (Å²) in [6, 6.07) is 14.0. The van der Waals surface area contributed by atoms with Crippen LogP contribution in [-0.2, 0) is 6.54 Å². The molecule has 0 radical (unpaired) electrons. The number of nitrogens with one attached hydrogen (secondary N) is 3. The molecule has 174 valence electrons. The summed E-state index contributed by atoms with van der Waals surface area (Å²) >= 11 is 0. The molecule has 1 amide bonds. The second kappa shape index (κ2) is 10.1. The number of aromatic nitrogens is 2. The van der Waals surface area contributed by atoms with Crippen LogP contribution >= 0.6 is 0 Å². The fraction of sp³-hybridized carbons (Fsp3) is 0.292. The number of aromatic amines is 1. The molecule has 0 aliphatic rings. The quantitative estimate of drug-likeness (QED) is 0.390. The van der Waals surface area contributed by atoms with E-state index in [1.165, 1.54) is 21.7 Å². The third-order valence-corrected chi connectivity index (χ3v) is 5.35. The van der Waals surface area contributed by atoms with Crippen molar-refractivity contribution < 1.29 is 9.90 Å². The van der Waals surface area contributed by atoms with Gasteiger partial charge in [-0.25, -0.2) is 4.68 Å². The summed E-state index contributed by atoms with van der Waals surface area (Å²) in [6.07, 6.45) is 0.665. The maximum Gasteiger partial charge on any atom is 0.291 e. The Morgan fingerprint density at radius 2 is 1.76 bits per heavy atom. The number of hydrogen-bond donors (Lipinski definition) is 4. The van der Waals surface area contributed by atoms with E-state index < -0.39 is 11.1 Å². The molecule has 3 aromatic rings. The van der Waals surface area contributed by atoms with Crippen molar-refractivity contribution >= 4 is 23.0 Å². The molecule has 0 saturated carbocycles. The second-order valence-corrected chi connectivity index (χ2v) is 7.78. The smallest absolute Gasteiger partial charge is 0.291 e. The van der Waals surface area contributed by atoms with E-state index in [1.54, 1.807) is 27.1 Å². The van der Waals surface area contributed by atoms with Crippen molar-refractivity contribution in [2.75, 3.05) is 24.7 Å². The van der Waals surface area contributed by atoms with Gasteiger partial charge in [0.05, 0.1) is 17.3 Å². The summed E-state index contributed by atoms with van der Waals surface area (Å²) < 4.78 is 1.19. The van der Waals surface area contributed by atoms with Crippen molar-refractivity contribution in [3.63, 3.8) is 0 Å². The van der Waals surface area contributed by atoms with Crippen molar-refractivity contribution in [3.05, 3.63) is 80.4 Å². The Morgan fingerprint density at radius 1 is 1.06 bits per heavy atom. The number of phenols is 1. The van der Waals surface area contributed by atoms with Gasteiger partial charge in [0.2, 0.25) is 0 Å². The first kappa shape index (κ1) is 23.6. The van der Waals surface area contributed by atoms with Crippen molar-refractivity contribution in [2.24, 2.45) is 0 Å². The van der Waals surface area contributed by atoms with Gasteiger partial charge < -0.3 is 20.6 Å². The number of aryl methyl sites for hydroxylation is 1. The van der Waals surface area contributed by atoms with Crippen molar-refractivity contribution in [3.8, 4) is 5.75 Å². The average molecular weight is 452 g/mol. The Balaban J connectivity index is 2.11. The van der Waals surface area contributed by atoms with Gasteiger partial charge in [-0.1, -0.05) is 43.3 Å². The van der Waals surface area contributed by atoms with Crippen LogP contribution in [0.25, 0.3) is 0 Å². The number of aromatic hydroxyl groups is 1. The highest BCUT2D eigenvalue weighted by atomic mass is 16.3. The third-order valence-electron chi connectivity index (χ3n) is 5.35. The maximum atomic E-state index is 13.2. The summed E-state index contributed by atoms with van der Waals surface area (Å²) in [5, 5.41) is 19.4. The van der Waals surface area contributed by atoms with Crippen LogP contribution in [0.3, 0.4) is 0 Å². The molecular formula is C24H29N5O4. The molecule has 2 aromatic carbocycles. The normalized spacial score (nSPS) is 11.6. The zero-order chi connectivity index (χ0) is 24.1. The van der Waals surface area contributed by atoms with E-state index in [2.05, 4.69) is 15.7 Å². The van der Waals surface area contributed by atoms with Crippen LogP contribution in [0, 0.1) is 0 Å². The van der Waals surface area contributed by atoms with Crippen molar-refractivity contribution in [2.45, 2.75) is 32.9 Å². The van der Waals surface area contributed by atoms with Gasteiger partial charge in [0, 0.05) is 20.6 Å². The summed E-state index contributed by atoms with van der Waals surface area (Å²) in [5.41, 5.74) is 0.287. The first-order chi connectivity index (χ1) is 15.8. The fourth-order valence-electron chi connectivity index (χ4n) is 3.53. The van der Waals surface area contributed by atoms with E-state index >= 15 is 0 Å². The molecule has 0 aliphatic heterocycles. The highest BCUT2D eigenvalue weighted by Crippen LogP contribution is 2.32. The number of rotatable bonds is 8. The minimum atomic E-state index is -0.478. The molecule has 33 heavy (non-hydrogen) atoms. The Bertz CT molecular complexity index is 1250. The second-order valence-electron chi connectivity index (χ2n) is 7.78. The van der Waals surface area contributed by atoms with Gasteiger partial charge >= 0.3 is 0 Å². The first-order valence-corrected chi connectivity index (χ1v) is 10.8. The number of para-hydroxylation sites is 1. The SMILES string of the molecule is CC[C@@H](Nc1c(Nc2cccc(C(=O)N(C)C)c2O)c(=O)n(CC)[nH]c1=O)c1ccccc1. The Morgan fingerprint density at radius 3 is 2.36 bits per heavy atom. The van der Waals surface area contributed by atoms with Crippen molar-refractivity contribution in [1.82, 2.24) is 14.7 Å². The third kappa shape index (κ3) is 4.92. The lowest BCUT2D eigenvalue weighted by Crippen LogP contribution is -2.33. The molecule has 4 N–H and O–H groups in total. The molecule has 3 rings (SSSR count). The monoisotopic (exact) mass is 451 g/mol. The number of hydrogen-bond acceptors (Lipinski definition) is 6. The minimum absolute atomic E-state index is 0.0141. The highest BCUT2D eigenvalue weighted by Gasteiger charge is 2.21. The summed E-state index contributed by atoms with van der Waals surface area (Å²) in [4.78, 5) is 39.9. The van der Waals surface area contributed by atoms with E-state index in [0.29, 0.717) is 6.42 Å². The number of carbonyl (C=O) groups is 1. The zero-order valence-corrected chi connectivity index (χ0v) is 19.2. The Hall–Kier alpha value is -4.01. The van der Waals surface area contributed by atoms with Crippen LogP contribution in [0.4, 0.5) is 17.1 Å². The van der Waals surface area contributed by atoms with Gasteiger partial charge in [0.25, 0.3) is 17.0 Å². The lowest BCUT2D eigenvalue weighted by molar-refractivity contribution is 0.0824. The van der Waals surface area contributed by atoms with Gasteiger partial charge in [-0.05, 0) is 31.0 Å². The van der Waals surface area contributed by atoms with Gasteiger partial charge in [-0.3, -0.25) is 19.5 Å². The number of nitrogens with zero attached hydrogens (tertiary/aromatic N) is 2. The number of amides is 1. The molecule has 1 atom stereocenters. The molecule has 9 nitrogen and oxygen atoms in total. The number of carbonyl (C=O) groups excluding carboxylic acids is 1. The summed E-state index contributed by atoms with van der Waals surface area (Å²) in [7, 11) is 3.16. The van der Waals surface area contributed by atoms with Gasteiger partial charge in [-0.2, -0.15) is 0 Å². The molecule has 0 spiro atoms. The predicted molar refractivity (Wildman–Crippen MR) is 130 cm³/mol. The molecule has 0 saturated heterocycles. The average Bonchev–Trinajstić information content (AvgIpc) is 2.82. The van der Waals surface area contributed by atoms with Gasteiger partial charge in [0.15, 0.2) is 5.75 Å². The number of benzene rings is 2. The van der Waals surface area contributed by atoms with Crippen LogP contribution < -0.4 is 21.8 Å². The molecule has 1 aromatic heterocycles. The summed E-state index contributed by atoms with van der Waals surface area (Å²) in [5.74, 6) is -0.693. The van der Waals surface area contributed by atoms with E-state index in [0.717, 1.165) is 5.56 Å². The van der Waals surface area contributed by atoms with Crippen molar-refractivity contribution in [1.29, 1.82) is 0 Å². The molecule has 9 heteroatoms. The molecule has 0 unspecified atom stereocenters. The largest absolute Gasteiger partial charge is 0.505 e. The number of phenolic OH excluding ortho intramolecular Hbond substituents is 1. The lowest BCUT2D eigenvalue weighted by atomic mass is 10.0. The van der Waals surface area contributed by atoms with Crippen LogP contribution in [0.15, 0.2) is 58.1 Å². The van der Waals surface area contributed by atoms with E-state index in [-0.39, 0.29) is 46.9 Å². The fourth-order valence-corrected chi connectivity index (χ4v) is 3.53. The summed E-state index contributed by atoms with van der Waals surface area (Å²) in [6.45, 7) is 3.96. The first-order valence-electron chi connectivity index (χ1n) is 10.8. The maximum absolute atomic E-state index is 13.2. The van der Waals surface area contributed by atoms with E-state index in [9.17, 15) is 19.5 Å². The Kier molecular flexibility index (Phi) is 7.22. The van der Waals surface area contributed by atoms with Gasteiger partial charge in [0.1, 0.15) is 11.4 Å². The Labute approximate surface area is 191 Å². The van der Waals surface area contributed by atoms with Gasteiger partial charge in [-0.15, -0.1) is 0 Å². The predicted octanol–water partition coefficient (Wildman–Crippen LogP) is 3.27. The van der Waals surface area contributed by atoms with Crippen LogP contribution in [-0.4, -0.2) is 39.8 Å².